The zero-order valence-electron chi connectivity index (χ0n) is 11.0. The molecule has 2 N–H and O–H groups in total. The Morgan fingerprint density at radius 1 is 1.50 bits per heavy atom. The molecule has 2 aromatic heterocycles. The maximum absolute atomic E-state index is 10.4. The highest BCUT2D eigenvalue weighted by Gasteiger charge is 2.59. The third-order valence-corrected chi connectivity index (χ3v) is 5.44. The van der Waals surface area contributed by atoms with Gasteiger partial charge in [0, 0.05) is 0 Å². The molecule has 0 aliphatic carbocycles. The van der Waals surface area contributed by atoms with E-state index in [0.29, 0.717) is 5.65 Å². The lowest BCUT2D eigenvalue weighted by Crippen LogP contribution is -2.39. The Hall–Kier alpha value is -1.22. The molecule has 20 heavy (non-hydrogen) atoms. The average molecular weight is 294 g/mol. The number of ether oxygens (including phenoxy) is 1. The van der Waals surface area contributed by atoms with Crippen LogP contribution < -0.4 is 0 Å². The van der Waals surface area contributed by atoms with E-state index in [1.165, 1.54) is 18.1 Å². The van der Waals surface area contributed by atoms with E-state index in [9.17, 15) is 10.2 Å². The number of aromatic nitrogens is 4. The summed E-state index contributed by atoms with van der Waals surface area (Å²) >= 11 is 1.47. The maximum Gasteiger partial charge on any atom is 0.173 e. The first-order chi connectivity index (χ1) is 9.56. The monoisotopic (exact) mass is 294 g/mol. The highest BCUT2D eigenvalue weighted by atomic mass is 32.2. The van der Waals surface area contributed by atoms with Crippen LogP contribution >= 0.6 is 11.8 Å². The van der Waals surface area contributed by atoms with Gasteiger partial charge in [-0.3, -0.25) is 4.57 Å². The molecular weight excluding hydrogens is 280 g/mol. The number of aryl methyl sites for hydroxylation is 1. The highest BCUT2D eigenvalue weighted by molar-refractivity contribution is 8.00. The van der Waals surface area contributed by atoms with Crippen LogP contribution in [-0.4, -0.2) is 53.3 Å². The van der Waals surface area contributed by atoms with Crippen molar-refractivity contribution in [3.8, 4) is 0 Å². The zero-order valence-corrected chi connectivity index (χ0v) is 11.8. The molecule has 0 bridgehead atoms. The van der Waals surface area contributed by atoms with Gasteiger partial charge in [0.05, 0.1) is 17.0 Å². The van der Waals surface area contributed by atoms with E-state index in [0.717, 1.165) is 16.4 Å². The van der Waals surface area contributed by atoms with Crippen molar-refractivity contribution in [3.05, 3.63) is 12.0 Å². The number of thioether (sulfide) groups is 1. The van der Waals surface area contributed by atoms with Gasteiger partial charge in [0.2, 0.25) is 0 Å². The Bertz CT molecular complexity index is 705. The second kappa shape index (κ2) is 3.91. The Kier molecular flexibility index (Phi) is 2.45. The Labute approximate surface area is 119 Å². The SMILES string of the molecule is Cc1ncnc2c1nc1n2[C@@H]2O[C@@H](CO)[C@@H](O)C2(C)S1. The molecular formula is C12H14N4O3S. The van der Waals surface area contributed by atoms with Crippen LogP contribution in [0.15, 0.2) is 11.5 Å². The van der Waals surface area contributed by atoms with Gasteiger partial charge in [-0.1, -0.05) is 11.8 Å². The van der Waals surface area contributed by atoms with Crippen LogP contribution in [0.5, 0.6) is 0 Å². The summed E-state index contributed by atoms with van der Waals surface area (Å²) in [6.07, 6.45) is -0.204. The molecule has 1 unspecified atom stereocenters. The highest BCUT2D eigenvalue weighted by Crippen LogP contribution is 2.56. The number of rotatable bonds is 1. The normalized spacial score (nSPS) is 35.5. The Morgan fingerprint density at radius 2 is 2.30 bits per heavy atom. The number of hydrogen-bond donors (Lipinski definition) is 2. The standard InChI is InChI=1S/C12H14N4O3S/c1-5-7-9(14-4-13-5)16-10-12(2,20-11(16)15-7)8(18)6(3-17)19-10/h4,6,8,10,17-18H,3H2,1-2H3/t6-,8+,10+,12?/m0/s1. The molecule has 4 rings (SSSR count). The van der Waals surface area contributed by atoms with Crippen LogP contribution in [-0.2, 0) is 4.74 Å². The van der Waals surface area contributed by atoms with E-state index >= 15 is 0 Å². The van der Waals surface area contributed by atoms with E-state index in [-0.39, 0.29) is 12.8 Å². The summed E-state index contributed by atoms with van der Waals surface area (Å²) in [5, 5.41) is 20.4. The van der Waals surface area contributed by atoms with Gasteiger partial charge in [0.25, 0.3) is 0 Å². The fourth-order valence-corrected chi connectivity index (χ4v) is 4.29. The third kappa shape index (κ3) is 1.34. The number of aliphatic hydroxyl groups excluding tert-OH is 2. The van der Waals surface area contributed by atoms with Crippen molar-refractivity contribution in [2.24, 2.45) is 0 Å². The van der Waals surface area contributed by atoms with Gasteiger partial charge >= 0.3 is 0 Å². The van der Waals surface area contributed by atoms with E-state index in [1.54, 1.807) is 0 Å². The molecule has 7 nitrogen and oxygen atoms in total. The molecule has 0 aromatic carbocycles. The van der Waals surface area contributed by atoms with Crippen LogP contribution in [0, 0.1) is 6.92 Å². The lowest BCUT2D eigenvalue weighted by atomic mass is 10.0. The fourth-order valence-electron chi connectivity index (χ4n) is 2.94. The van der Waals surface area contributed by atoms with Gasteiger partial charge in [-0.15, -0.1) is 0 Å². The first-order valence-corrected chi connectivity index (χ1v) is 7.21. The number of fused-ring (bicyclic) bond motifs is 5. The van der Waals surface area contributed by atoms with Crippen molar-refractivity contribution in [3.63, 3.8) is 0 Å². The van der Waals surface area contributed by atoms with E-state index in [2.05, 4.69) is 15.0 Å². The summed E-state index contributed by atoms with van der Waals surface area (Å²) in [6.45, 7) is 3.61. The van der Waals surface area contributed by atoms with Gasteiger partial charge in [-0.25, -0.2) is 15.0 Å². The average Bonchev–Trinajstić information content (AvgIpc) is 2.98. The molecule has 0 spiro atoms. The van der Waals surface area contributed by atoms with E-state index < -0.39 is 17.0 Å². The Morgan fingerprint density at radius 3 is 3.05 bits per heavy atom. The first-order valence-electron chi connectivity index (χ1n) is 6.39. The van der Waals surface area contributed by atoms with Crippen molar-refractivity contribution in [2.75, 3.05) is 6.61 Å². The van der Waals surface area contributed by atoms with E-state index in [1.807, 2.05) is 18.4 Å². The minimum atomic E-state index is -0.748. The second-order valence-electron chi connectivity index (χ2n) is 5.34. The zero-order chi connectivity index (χ0) is 14.1. The molecule has 0 saturated carbocycles. The summed E-state index contributed by atoms with van der Waals surface area (Å²) in [7, 11) is 0. The summed E-state index contributed by atoms with van der Waals surface area (Å²) in [5.41, 5.74) is 2.28. The van der Waals surface area contributed by atoms with Crippen LogP contribution in [0.3, 0.4) is 0 Å². The fraction of sp³-hybridized carbons (Fsp3) is 0.583. The minimum absolute atomic E-state index is 0.205. The van der Waals surface area contributed by atoms with Gasteiger partial charge in [0.1, 0.15) is 24.1 Å². The van der Waals surface area contributed by atoms with Gasteiger partial charge in [-0.2, -0.15) is 0 Å². The summed E-state index contributed by atoms with van der Waals surface area (Å²) in [4.78, 5) is 13.0. The van der Waals surface area contributed by atoms with Crippen molar-refractivity contribution < 1.29 is 14.9 Å². The molecule has 2 aromatic rings. The molecule has 1 saturated heterocycles. The molecule has 4 heterocycles. The largest absolute Gasteiger partial charge is 0.394 e. The lowest BCUT2D eigenvalue weighted by Gasteiger charge is -2.24. The summed E-state index contributed by atoms with van der Waals surface area (Å²) in [5.74, 6) is 0. The molecule has 0 amide bonds. The quantitative estimate of drug-likeness (QED) is 0.778. The summed E-state index contributed by atoms with van der Waals surface area (Å²) < 4.78 is 7.17. The predicted molar refractivity (Wildman–Crippen MR) is 71.3 cm³/mol. The van der Waals surface area contributed by atoms with Crippen molar-refractivity contribution in [1.82, 2.24) is 19.5 Å². The van der Waals surface area contributed by atoms with Crippen molar-refractivity contribution in [2.45, 2.75) is 42.2 Å². The minimum Gasteiger partial charge on any atom is -0.394 e. The van der Waals surface area contributed by atoms with Crippen molar-refractivity contribution in [1.29, 1.82) is 0 Å². The maximum atomic E-state index is 10.4. The van der Waals surface area contributed by atoms with Crippen LogP contribution in [0.25, 0.3) is 11.2 Å². The predicted octanol–water partition coefficient (Wildman–Crippen LogP) is 0.250. The van der Waals surface area contributed by atoms with E-state index in [4.69, 9.17) is 4.74 Å². The topological polar surface area (TPSA) is 93.3 Å². The second-order valence-corrected chi connectivity index (χ2v) is 6.78. The van der Waals surface area contributed by atoms with Gasteiger partial charge in [-0.05, 0) is 13.8 Å². The van der Waals surface area contributed by atoms with Crippen molar-refractivity contribution >= 4 is 22.9 Å². The van der Waals surface area contributed by atoms with Crippen LogP contribution in [0.4, 0.5) is 0 Å². The smallest absolute Gasteiger partial charge is 0.173 e. The molecule has 2 aliphatic rings. The number of hydrogen-bond acceptors (Lipinski definition) is 7. The third-order valence-electron chi connectivity index (χ3n) is 4.09. The van der Waals surface area contributed by atoms with Crippen LogP contribution in [0.1, 0.15) is 18.8 Å². The molecule has 8 heteroatoms. The molecule has 2 aliphatic heterocycles. The first kappa shape index (κ1) is 12.5. The lowest BCUT2D eigenvalue weighted by molar-refractivity contribution is -0.0456. The Balaban J connectivity index is 1.91. The van der Waals surface area contributed by atoms with Gasteiger partial charge in [0.15, 0.2) is 17.0 Å². The number of imidazole rings is 1. The molecule has 0 radical (unpaired) electrons. The number of nitrogens with zero attached hydrogens (tertiary/aromatic N) is 4. The summed E-state index contributed by atoms with van der Waals surface area (Å²) in [6, 6.07) is 0. The van der Waals surface area contributed by atoms with Crippen LogP contribution in [0.2, 0.25) is 0 Å². The molecule has 1 fully saturated rings. The van der Waals surface area contributed by atoms with Gasteiger partial charge < -0.3 is 14.9 Å². The molecule has 4 atom stereocenters. The number of aliphatic hydroxyl groups is 2. The molecule has 106 valence electrons.